The van der Waals surface area contributed by atoms with E-state index in [4.69, 9.17) is 33.5 Å². The van der Waals surface area contributed by atoms with Crippen LogP contribution in [0, 0.1) is 17.3 Å². The second kappa shape index (κ2) is 6.10. The van der Waals surface area contributed by atoms with E-state index < -0.39 is 30.7 Å². The van der Waals surface area contributed by atoms with E-state index in [1.54, 1.807) is 0 Å². The Hall–Kier alpha value is -0.840. The number of hydrogen-bond acceptors (Lipinski definition) is 8. The molecule has 11 heteroatoms. The molecule has 9 atom stereocenters. The average molecular weight is 484 g/mol. The van der Waals surface area contributed by atoms with E-state index in [0.29, 0.717) is 13.0 Å². The zero-order valence-electron chi connectivity index (χ0n) is 18.8. The smallest absolute Gasteiger partial charge is 0.458 e. The lowest BCUT2D eigenvalue weighted by Gasteiger charge is -2.54. The summed E-state index contributed by atoms with van der Waals surface area (Å²) in [6, 6.07) is 0. The molecule has 0 aromatic heterocycles. The molecule has 4 aliphatic heterocycles. The van der Waals surface area contributed by atoms with Gasteiger partial charge in [-0.2, -0.15) is 0 Å². The molecule has 0 amide bonds. The number of fused-ring (bicyclic) bond motifs is 4. The predicted octanol–water partition coefficient (Wildman–Crippen LogP) is 1.24. The van der Waals surface area contributed by atoms with Crippen molar-refractivity contribution in [1.82, 2.24) is 0 Å². The lowest BCUT2D eigenvalue weighted by Crippen LogP contribution is -2.69. The van der Waals surface area contributed by atoms with Crippen molar-refractivity contribution in [3.05, 3.63) is 11.1 Å². The topological polar surface area (TPSA) is 140 Å². The first kappa shape index (κ1) is 21.4. The molecule has 0 bridgehead atoms. The summed E-state index contributed by atoms with van der Waals surface area (Å²) in [6.07, 6.45) is 1.49. The minimum atomic E-state index is -4.57. The monoisotopic (exact) mass is 484 g/mol. The van der Waals surface area contributed by atoms with E-state index in [1.165, 1.54) is 0 Å². The fraction of sp³-hybridized carbons (Fsp3) is 0.864. The first-order chi connectivity index (χ1) is 15.5. The second-order valence-electron chi connectivity index (χ2n) is 11.1. The van der Waals surface area contributed by atoms with Crippen molar-refractivity contribution in [2.75, 3.05) is 19.8 Å². The van der Waals surface area contributed by atoms with E-state index in [1.807, 2.05) is 0 Å². The molecule has 4 heterocycles. The number of epoxide rings is 3. The van der Waals surface area contributed by atoms with Gasteiger partial charge in [0, 0.05) is 11.0 Å². The van der Waals surface area contributed by atoms with Gasteiger partial charge in [0.15, 0.2) is 5.60 Å². The Balaban J connectivity index is 1.26. The molecule has 0 unspecified atom stereocenters. The molecule has 0 aromatic carbocycles. The molecule has 33 heavy (non-hydrogen) atoms. The molecule has 182 valence electrons. The third kappa shape index (κ3) is 2.31. The van der Waals surface area contributed by atoms with E-state index in [0.717, 1.165) is 24.0 Å². The highest BCUT2D eigenvalue weighted by molar-refractivity contribution is 7.46. The average Bonchev–Trinajstić information content (AvgIpc) is 3.62. The molecule has 2 saturated carbocycles. The van der Waals surface area contributed by atoms with Crippen LogP contribution in [0.15, 0.2) is 11.1 Å². The summed E-state index contributed by atoms with van der Waals surface area (Å²) in [6.45, 7) is 6.58. The van der Waals surface area contributed by atoms with Crippen molar-refractivity contribution in [3.63, 3.8) is 0 Å². The summed E-state index contributed by atoms with van der Waals surface area (Å²) in [5.41, 5.74) is -0.133. The fourth-order valence-electron chi connectivity index (χ4n) is 8.24. The van der Waals surface area contributed by atoms with Crippen LogP contribution in [0.2, 0.25) is 0 Å². The highest BCUT2D eigenvalue weighted by Crippen LogP contribution is 2.83. The molecule has 7 aliphatic rings. The van der Waals surface area contributed by atoms with Crippen LogP contribution >= 0.6 is 7.82 Å². The fourth-order valence-corrected chi connectivity index (χ4v) is 8.55. The zero-order valence-corrected chi connectivity index (χ0v) is 19.7. The van der Waals surface area contributed by atoms with Crippen LogP contribution in [-0.2, 0) is 37.6 Å². The van der Waals surface area contributed by atoms with Crippen molar-refractivity contribution in [3.8, 4) is 0 Å². The summed E-state index contributed by atoms with van der Waals surface area (Å²) < 4.78 is 47.0. The van der Waals surface area contributed by atoms with Crippen molar-refractivity contribution in [2.24, 2.45) is 17.3 Å². The SMILES string of the molecule is CC(C)[C@]12O[C@H]1[C@H]1O[C@]13[C@]1(O[C@H]1C[C@H]1C4=C(CC[C@@]13C)C(=O)OC4)[C@@H]2OCCOP(=O)(O)O. The maximum atomic E-state index is 12.2. The number of carbonyl (C=O) groups excluding carboxylic acids is 1. The highest BCUT2D eigenvalue weighted by atomic mass is 31.2. The Morgan fingerprint density at radius 1 is 1.18 bits per heavy atom. The summed E-state index contributed by atoms with van der Waals surface area (Å²) in [7, 11) is -4.57. The predicted molar refractivity (Wildman–Crippen MR) is 109 cm³/mol. The molecule has 2 N–H and O–H groups in total. The Morgan fingerprint density at radius 2 is 1.97 bits per heavy atom. The van der Waals surface area contributed by atoms with Crippen molar-refractivity contribution >= 4 is 13.8 Å². The van der Waals surface area contributed by atoms with Crippen LogP contribution in [0.3, 0.4) is 0 Å². The standard InChI is InChI=1S/C22H29O10P/c1-10(2)20-15(31-20)16-22(32-16)19(3)5-4-11-12(9-28-17(11)23)13(19)8-14-21(22,30-14)18(20)27-6-7-29-33(24,25)26/h10,13-16,18H,4-9H2,1-3H3,(H2,24,25,26)/t13-,14-,15-,16+,18+,19-,20-,21+,22+/m0/s1. The normalized spacial score (nSPS) is 52.8. The number of esters is 1. The minimum Gasteiger partial charge on any atom is -0.458 e. The third-order valence-electron chi connectivity index (χ3n) is 9.69. The molecule has 7 rings (SSSR count). The van der Waals surface area contributed by atoms with Gasteiger partial charge >= 0.3 is 13.8 Å². The van der Waals surface area contributed by atoms with Gasteiger partial charge in [-0.1, -0.05) is 20.8 Å². The van der Waals surface area contributed by atoms with Crippen LogP contribution in [-0.4, -0.2) is 76.8 Å². The number of rotatable bonds is 6. The van der Waals surface area contributed by atoms with Gasteiger partial charge in [-0.25, -0.2) is 9.36 Å². The molecule has 0 radical (unpaired) electrons. The molecule has 5 fully saturated rings. The number of carbonyl (C=O) groups is 1. The number of phosphoric acid groups is 1. The Labute approximate surface area is 191 Å². The second-order valence-corrected chi connectivity index (χ2v) is 12.3. The van der Waals surface area contributed by atoms with Crippen LogP contribution in [0.4, 0.5) is 0 Å². The van der Waals surface area contributed by atoms with Gasteiger partial charge in [0.1, 0.15) is 36.1 Å². The highest BCUT2D eigenvalue weighted by Gasteiger charge is 3.00. The lowest BCUT2D eigenvalue weighted by molar-refractivity contribution is -0.136. The summed E-state index contributed by atoms with van der Waals surface area (Å²) in [5, 5.41) is 0. The molecular weight excluding hydrogens is 455 g/mol. The van der Waals surface area contributed by atoms with E-state index in [2.05, 4.69) is 25.3 Å². The molecule has 2 spiro atoms. The third-order valence-corrected chi connectivity index (χ3v) is 10.2. The maximum Gasteiger partial charge on any atom is 0.469 e. The van der Waals surface area contributed by atoms with E-state index in [-0.39, 0.29) is 54.7 Å². The summed E-state index contributed by atoms with van der Waals surface area (Å²) in [4.78, 5) is 30.3. The first-order valence-electron chi connectivity index (χ1n) is 11.8. The van der Waals surface area contributed by atoms with Crippen molar-refractivity contribution in [2.45, 2.75) is 81.3 Å². The lowest BCUT2D eigenvalue weighted by atomic mass is 9.46. The van der Waals surface area contributed by atoms with Crippen LogP contribution in [0.25, 0.3) is 0 Å². The number of phosphoric ester groups is 1. The Kier molecular flexibility index (Phi) is 3.96. The van der Waals surface area contributed by atoms with Gasteiger partial charge in [0.25, 0.3) is 0 Å². The molecular formula is C22H29O10P. The molecule has 3 aliphatic carbocycles. The van der Waals surface area contributed by atoms with E-state index in [9.17, 15) is 9.36 Å². The van der Waals surface area contributed by atoms with Crippen LogP contribution < -0.4 is 0 Å². The largest absolute Gasteiger partial charge is 0.469 e. The number of cyclic esters (lactones) is 1. The van der Waals surface area contributed by atoms with Gasteiger partial charge in [0.2, 0.25) is 0 Å². The Morgan fingerprint density at radius 3 is 2.70 bits per heavy atom. The number of ether oxygens (including phenoxy) is 5. The van der Waals surface area contributed by atoms with Crippen LogP contribution in [0.5, 0.6) is 0 Å². The minimum absolute atomic E-state index is 0.0106. The molecule has 0 aromatic rings. The zero-order chi connectivity index (χ0) is 23.2. The van der Waals surface area contributed by atoms with Gasteiger partial charge < -0.3 is 33.5 Å². The quantitative estimate of drug-likeness (QED) is 0.245. The van der Waals surface area contributed by atoms with E-state index >= 15 is 0 Å². The van der Waals surface area contributed by atoms with Gasteiger partial charge in [-0.15, -0.1) is 0 Å². The van der Waals surface area contributed by atoms with Gasteiger partial charge in [-0.3, -0.25) is 4.52 Å². The van der Waals surface area contributed by atoms with Crippen LogP contribution in [0.1, 0.15) is 40.0 Å². The summed E-state index contributed by atoms with van der Waals surface area (Å²) >= 11 is 0. The van der Waals surface area contributed by atoms with Gasteiger partial charge in [0.05, 0.1) is 19.3 Å². The van der Waals surface area contributed by atoms with Crippen molar-refractivity contribution in [1.29, 1.82) is 0 Å². The molecule has 3 saturated heterocycles. The molecule has 10 nitrogen and oxygen atoms in total. The summed E-state index contributed by atoms with van der Waals surface area (Å²) in [5.74, 6) is 0.0940. The number of hydrogen-bond donors (Lipinski definition) is 2. The Bertz CT molecular complexity index is 1040. The maximum absolute atomic E-state index is 12.2. The van der Waals surface area contributed by atoms with Crippen molar-refractivity contribution < 1.29 is 47.4 Å². The van der Waals surface area contributed by atoms with Gasteiger partial charge in [-0.05, 0) is 36.7 Å². The first-order valence-corrected chi connectivity index (χ1v) is 13.3.